The number of carbonyl (C=O) groups excluding carboxylic acids is 1. The second-order valence-electron chi connectivity index (χ2n) is 3.55. The smallest absolute Gasteiger partial charge is 0.314 e. The molecule has 1 saturated carbocycles. The molecule has 0 spiro atoms. The Morgan fingerprint density at radius 3 is 2.54 bits per heavy atom. The maximum absolute atomic E-state index is 11.4. The highest BCUT2D eigenvalue weighted by Crippen LogP contribution is 2.38. The van der Waals surface area contributed by atoms with E-state index < -0.39 is 0 Å². The van der Waals surface area contributed by atoms with Crippen LogP contribution >= 0.6 is 0 Å². The average Bonchev–Trinajstić information content (AvgIpc) is 2.84. The number of ether oxygens (including phenoxy) is 1. The number of rotatable bonds is 2. The van der Waals surface area contributed by atoms with Crippen LogP contribution in [0, 0.1) is 11.8 Å². The predicted molar refractivity (Wildman–Crippen MR) is 49.3 cm³/mol. The van der Waals surface area contributed by atoms with Gasteiger partial charge in [-0.25, -0.2) is 0 Å². The van der Waals surface area contributed by atoms with Gasteiger partial charge in [0.15, 0.2) is 0 Å². The van der Waals surface area contributed by atoms with E-state index in [9.17, 15) is 4.79 Å². The van der Waals surface area contributed by atoms with Crippen molar-refractivity contribution in [2.24, 2.45) is 11.8 Å². The minimum absolute atomic E-state index is 0.0845. The zero-order chi connectivity index (χ0) is 9.26. The molecule has 2 nitrogen and oxygen atoms in total. The molecule has 0 heterocycles. The molecule has 0 amide bonds. The van der Waals surface area contributed by atoms with Crippen LogP contribution in [-0.2, 0) is 4.79 Å². The van der Waals surface area contributed by atoms with Crippen molar-refractivity contribution in [2.75, 3.05) is 0 Å². The molecule has 1 aliphatic carbocycles. The van der Waals surface area contributed by atoms with Crippen LogP contribution in [0.25, 0.3) is 0 Å². The first-order valence-corrected chi connectivity index (χ1v) is 4.54. The molecule has 1 aromatic rings. The quantitative estimate of drug-likeness (QED) is 0.510. The number of benzene rings is 1. The first-order valence-electron chi connectivity index (χ1n) is 4.54. The molecular weight excluding hydrogens is 164 g/mol. The molecule has 0 radical (unpaired) electrons. The standard InChI is InChI=1S/C11H12O2/c1-8-7-10(8)11(12)13-9-5-3-2-4-6-9/h2-6,8,10H,7H2,1H3/t8-,10+/m1/s1. The van der Waals surface area contributed by atoms with E-state index in [4.69, 9.17) is 4.74 Å². The predicted octanol–water partition coefficient (Wildman–Crippen LogP) is 2.25. The molecule has 0 saturated heterocycles. The number of para-hydroxylation sites is 1. The summed E-state index contributed by atoms with van der Waals surface area (Å²) in [5, 5.41) is 0. The third-order valence-electron chi connectivity index (χ3n) is 2.37. The summed E-state index contributed by atoms with van der Waals surface area (Å²) in [4.78, 5) is 11.4. The van der Waals surface area contributed by atoms with Gasteiger partial charge in [0.2, 0.25) is 0 Å². The molecule has 1 aromatic carbocycles. The van der Waals surface area contributed by atoms with Crippen molar-refractivity contribution in [1.82, 2.24) is 0 Å². The van der Waals surface area contributed by atoms with Crippen molar-refractivity contribution >= 4 is 5.97 Å². The van der Waals surface area contributed by atoms with Crippen LogP contribution in [-0.4, -0.2) is 5.97 Å². The average molecular weight is 176 g/mol. The summed E-state index contributed by atoms with van der Waals surface area (Å²) in [5.74, 6) is 1.21. The van der Waals surface area contributed by atoms with E-state index in [1.54, 1.807) is 12.1 Å². The second-order valence-corrected chi connectivity index (χ2v) is 3.55. The normalized spacial score (nSPS) is 25.3. The van der Waals surface area contributed by atoms with Gasteiger partial charge in [0, 0.05) is 0 Å². The Balaban J connectivity index is 1.95. The maximum Gasteiger partial charge on any atom is 0.314 e. The molecule has 2 atom stereocenters. The van der Waals surface area contributed by atoms with Crippen LogP contribution in [0.3, 0.4) is 0 Å². The summed E-state index contributed by atoms with van der Waals surface area (Å²) in [5.41, 5.74) is 0. The molecule has 0 aliphatic heterocycles. The van der Waals surface area contributed by atoms with Gasteiger partial charge in [-0.05, 0) is 24.5 Å². The summed E-state index contributed by atoms with van der Waals surface area (Å²) in [7, 11) is 0. The highest BCUT2D eigenvalue weighted by Gasteiger charge is 2.40. The minimum atomic E-state index is -0.0845. The topological polar surface area (TPSA) is 26.3 Å². The van der Waals surface area contributed by atoms with Gasteiger partial charge in [0.25, 0.3) is 0 Å². The number of hydrogen-bond donors (Lipinski definition) is 0. The molecule has 0 unspecified atom stereocenters. The third-order valence-corrected chi connectivity index (χ3v) is 2.37. The monoisotopic (exact) mass is 176 g/mol. The number of carbonyl (C=O) groups is 1. The van der Waals surface area contributed by atoms with E-state index in [1.165, 1.54) is 0 Å². The van der Waals surface area contributed by atoms with E-state index >= 15 is 0 Å². The molecule has 1 fully saturated rings. The summed E-state index contributed by atoms with van der Waals surface area (Å²) >= 11 is 0. The lowest BCUT2D eigenvalue weighted by Gasteiger charge is -2.01. The molecule has 2 heteroatoms. The largest absolute Gasteiger partial charge is 0.426 e. The van der Waals surface area contributed by atoms with E-state index in [0.29, 0.717) is 11.7 Å². The van der Waals surface area contributed by atoms with Crippen molar-refractivity contribution in [1.29, 1.82) is 0 Å². The molecule has 0 bridgehead atoms. The van der Waals surface area contributed by atoms with E-state index in [2.05, 4.69) is 6.92 Å². The van der Waals surface area contributed by atoms with Crippen LogP contribution in [0.5, 0.6) is 5.75 Å². The third kappa shape index (κ3) is 1.89. The van der Waals surface area contributed by atoms with Crippen molar-refractivity contribution < 1.29 is 9.53 Å². The Morgan fingerprint density at radius 2 is 2.00 bits per heavy atom. The highest BCUT2D eigenvalue weighted by molar-refractivity contribution is 5.77. The summed E-state index contributed by atoms with van der Waals surface area (Å²) in [6.07, 6.45) is 0.978. The SMILES string of the molecule is C[C@@H]1C[C@@H]1C(=O)Oc1ccccc1. The molecule has 68 valence electrons. The van der Waals surface area contributed by atoms with Gasteiger partial charge in [0.05, 0.1) is 5.92 Å². The lowest BCUT2D eigenvalue weighted by molar-refractivity contribution is -0.136. The zero-order valence-corrected chi connectivity index (χ0v) is 7.57. The Hall–Kier alpha value is -1.31. The van der Waals surface area contributed by atoms with E-state index in [-0.39, 0.29) is 11.9 Å². The van der Waals surface area contributed by atoms with Crippen LogP contribution in [0.4, 0.5) is 0 Å². The van der Waals surface area contributed by atoms with Crippen LogP contribution < -0.4 is 4.74 Å². The van der Waals surface area contributed by atoms with Crippen molar-refractivity contribution in [3.8, 4) is 5.75 Å². The lowest BCUT2D eigenvalue weighted by atomic mass is 10.3. The van der Waals surface area contributed by atoms with Crippen LogP contribution in [0.2, 0.25) is 0 Å². The second kappa shape index (κ2) is 3.21. The summed E-state index contributed by atoms with van der Waals surface area (Å²) in [6, 6.07) is 9.21. The first-order chi connectivity index (χ1) is 6.27. The van der Waals surface area contributed by atoms with E-state index in [1.807, 2.05) is 18.2 Å². The maximum atomic E-state index is 11.4. The molecule has 0 aromatic heterocycles. The van der Waals surface area contributed by atoms with Crippen molar-refractivity contribution in [3.05, 3.63) is 30.3 Å². The van der Waals surface area contributed by atoms with Gasteiger partial charge in [-0.1, -0.05) is 25.1 Å². The van der Waals surface area contributed by atoms with Gasteiger partial charge in [-0.15, -0.1) is 0 Å². The van der Waals surface area contributed by atoms with Gasteiger partial charge >= 0.3 is 5.97 Å². The fraction of sp³-hybridized carbons (Fsp3) is 0.364. The summed E-state index contributed by atoms with van der Waals surface area (Å²) in [6.45, 7) is 2.07. The Labute approximate surface area is 77.5 Å². The fourth-order valence-corrected chi connectivity index (χ4v) is 1.33. The number of hydrogen-bond acceptors (Lipinski definition) is 2. The fourth-order valence-electron chi connectivity index (χ4n) is 1.33. The summed E-state index contributed by atoms with van der Waals surface area (Å²) < 4.78 is 5.17. The lowest BCUT2D eigenvalue weighted by Crippen LogP contribution is -2.10. The van der Waals surface area contributed by atoms with Gasteiger partial charge < -0.3 is 4.74 Å². The van der Waals surface area contributed by atoms with Gasteiger partial charge in [-0.3, -0.25) is 4.79 Å². The molecule has 1 aliphatic rings. The Bertz CT molecular complexity index is 305. The Kier molecular flexibility index (Phi) is 2.05. The van der Waals surface area contributed by atoms with Crippen molar-refractivity contribution in [2.45, 2.75) is 13.3 Å². The molecule has 2 rings (SSSR count). The van der Waals surface area contributed by atoms with Gasteiger partial charge in [-0.2, -0.15) is 0 Å². The number of esters is 1. The first kappa shape index (κ1) is 8.30. The van der Waals surface area contributed by atoms with Crippen LogP contribution in [0.1, 0.15) is 13.3 Å². The van der Waals surface area contributed by atoms with E-state index in [0.717, 1.165) is 6.42 Å². The molecular formula is C11H12O2. The van der Waals surface area contributed by atoms with Gasteiger partial charge in [0.1, 0.15) is 5.75 Å². The molecule has 13 heavy (non-hydrogen) atoms. The zero-order valence-electron chi connectivity index (χ0n) is 7.57. The minimum Gasteiger partial charge on any atom is -0.426 e. The van der Waals surface area contributed by atoms with Crippen molar-refractivity contribution in [3.63, 3.8) is 0 Å². The Morgan fingerprint density at radius 1 is 1.38 bits per heavy atom. The van der Waals surface area contributed by atoms with Crippen LogP contribution in [0.15, 0.2) is 30.3 Å². The highest BCUT2D eigenvalue weighted by atomic mass is 16.5. The molecule has 0 N–H and O–H groups in total.